The van der Waals surface area contributed by atoms with E-state index in [0.717, 1.165) is 17.7 Å². The van der Waals surface area contributed by atoms with Crippen molar-refractivity contribution in [3.63, 3.8) is 0 Å². The zero-order chi connectivity index (χ0) is 39.0. The maximum atomic E-state index is 4.54. The van der Waals surface area contributed by atoms with Crippen LogP contribution in [0.4, 0.5) is 0 Å². The Morgan fingerprint density at radius 2 is 0.847 bits per heavy atom. The maximum Gasteiger partial charge on any atom is 0.0541 e. The van der Waals surface area contributed by atoms with Crippen molar-refractivity contribution in [2.75, 3.05) is 0 Å². The Morgan fingerprint density at radius 3 is 1.54 bits per heavy atom. The van der Waals surface area contributed by atoms with Gasteiger partial charge in [-0.15, -0.1) is 0 Å². The van der Waals surface area contributed by atoms with E-state index >= 15 is 0 Å². The summed E-state index contributed by atoms with van der Waals surface area (Å²) < 4.78 is 4.84. The van der Waals surface area contributed by atoms with Crippen LogP contribution in [0.1, 0.15) is 22.3 Å². The van der Waals surface area contributed by atoms with Gasteiger partial charge in [0.05, 0.1) is 22.1 Å². The van der Waals surface area contributed by atoms with E-state index in [2.05, 4.69) is 222 Å². The van der Waals surface area contributed by atoms with Gasteiger partial charge in [-0.3, -0.25) is 0 Å². The molecule has 9 aromatic carbocycles. The zero-order valence-corrected chi connectivity index (χ0v) is 32.4. The largest absolute Gasteiger partial charge is 0.309 e. The van der Waals surface area contributed by atoms with Crippen LogP contribution in [0.5, 0.6) is 0 Å². The molecule has 0 N–H and O–H groups in total. The highest BCUT2D eigenvalue weighted by Crippen LogP contribution is 2.45. The van der Waals surface area contributed by atoms with Crippen LogP contribution in [-0.2, 0) is 6.42 Å². The first-order valence-corrected chi connectivity index (χ1v) is 20.4. The van der Waals surface area contributed by atoms with E-state index in [1.54, 1.807) is 0 Å². The summed E-state index contributed by atoms with van der Waals surface area (Å²) in [5.74, 6) is 0. The fourth-order valence-corrected chi connectivity index (χ4v) is 9.79. The zero-order valence-electron chi connectivity index (χ0n) is 32.4. The molecular weight excluding hydrogens is 713 g/mol. The molecule has 0 saturated heterocycles. The predicted octanol–water partition coefficient (Wildman–Crippen LogP) is 14.8. The minimum Gasteiger partial charge on any atom is -0.309 e. The van der Waals surface area contributed by atoms with Crippen LogP contribution in [0.2, 0.25) is 0 Å². The number of aromatic nitrogens is 2. The monoisotopic (exact) mass is 750 g/mol. The second-order valence-electron chi connectivity index (χ2n) is 15.8. The summed E-state index contributed by atoms with van der Waals surface area (Å²) in [5, 5.41) is 5.00. The van der Waals surface area contributed by atoms with Crippen molar-refractivity contribution in [3.8, 4) is 44.8 Å². The highest BCUT2D eigenvalue weighted by atomic mass is 15.0. The van der Waals surface area contributed by atoms with Gasteiger partial charge in [0, 0.05) is 32.9 Å². The lowest BCUT2D eigenvalue weighted by atomic mass is 9.94. The molecule has 0 fully saturated rings. The van der Waals surface area contributed by atoms with Gasteiger partial charge in [-0.1, -0.05) is 152 Å². The average Bonchev–Trinajstić information content (AvgIpc) is 3.92. The van der Waals surface area contributed by atoms with E-state index in [4.69, 9.17) is 0 Å². The predicted molar refractivity (Wildman–Crippen MR) is 249 cm³/mol. The number of rotatable bonds is 6. The van der Waals surface area contributed by atoms with Crippen LogP contribution in [-0.4, -0.2) is 9.13 Å². The van der Waals surface area contributed by atoms with E-state index in [1.807, 2.05) is 0 Å². The molecule has 1 aliphatic rings. The van der Waals surface area contributed by atoms with Crippen LogP contribution in [0.15, 0.2) is 213 Å². The lowest BCUT2D eigenvalue weighted by Crippen LogP contribution is -1.98. The fourth-order valence-electron chi connectivity index (χ4n) is 9.79. The second-order valence-corrected chi connectivity index (χ2v) is 15.8. The summed E-state index contributed by atoms with van der Waals surface area (Å²) in [6.07, 6.45) is 0.836. The van der Waals surface area contributed by atoms with Gasteiger partial charge >= 0.3 is 0 Å². The molecule has 12 rings (SSSR count). The molecule has 0 saturated carbocycles. The molecule has 2 aromatic heterocycles. The molecule has 0 bridgehead atoms. The van der Waals surface area contributed by atoms with Crippen LogP contribution in [0.25, 0.3) is 93.9 Å². The van der Waals surface area contributed by atoms with Crippen LogP contribution in [0, 0.1) is 0 Å². The average molecular weight is 751 g/mol. The van der Waals surface area contributed by atoms with Crippen molar-refractivity contribution in [2.45, 2.75) is 6.42 Å². The highest BCUT2D eigenvalue weighted by molar-refractivity contribution is 6.13. The summed E-state index contributed by atoms with van der Waals surface area (Å²) in [7, 11) is 0. The van der Waals surface area contributed by atoms with E-state index < -0.39 is 0 Å². The first-order chi connectivity index (χ1) is 29.2. The van der Waals surface area contributed by atoms with Gasteiger partial charge in [-0.25, -0.2) is 0 Å². The van der Waals surface area contributed by atoms with Crippen LogP contribution >= 0.6 is 0 Å². The minimum atomic E-state index is 0.836. The summed E-state index contributed by atoms with van der Waals surface area (Å²) >= 11 is 0. The first-order valence-electron chi connectivity index (χ1n) is 20.4. The molecule has 276 valence electrons. The number of nitrogens with zero attached hydrogens (tertiary/aromatic N) is 2. The molecule has 0 unspecified atom stereocenters. The smallest absolute Gasteiger partial charge is 0.0541 e. The van der Waals surface area contributed by atoms with Gasteiger partial charge in [-0.05, 0) is 128 Å². The summed E-state index contributed by atoms with van der Waals surface area (Å²) in [5.41, 5.74) is 20.8. The van der Waals surface area contributed by atoms with Gasteiger partial charge in [0.25, 0.3) is 0 Å². The molecule has 2 nitrogen and oxygen atoms in total. The summed E-state index contributed by atoms with van der Waals surface area (Å²) in [4.78, 5) is 0. The first kappa shape index (κ1) is 33.5. The van der Waals surface area contributed by atoms with Gasteiger partial charge in [0.2, 0.25) is 0 Å². The quantitative estimate of drug-likeness (QED) is 0.160. The Kier molecular flexibility index (Phi) is 7.48. The molecule has 0 amide bonds. The van der Waals surface area contributed by atoms with Crippen molar-refractivity contribution in [1.29, 1.82) is 0 Å². The Balaban J connectivity index is 0.944. The van der Waals surface area contributed by atoms with Crippen molar-refractivity contribution in [1.82, 2.24) is 9.13 Å². The molecular formula is C57H38N2. The Hall–Kier alpha value is -7.68. The minimum absolute atomic E-state index is 0.836. The summed E-state index contributed by atoms with van der Waals surface area (Å²) in [6.45, 7) is 4.54. The van der Waals surface area contributed by atoms with Gasteiger partial charge in [-0.2, -0.15) is 0 Å². The third-order valence-corrected chi connectivity index (χ3v) is 12.4. The number of hydrogen-bond donors (Lipinski definition) is 0. The van der Waals surface area contributed by atoms with Gasteiger partial charge < -0.3 is 9.13 Å². The third kappa shape index (κ3) is 5.27. The summed E-state index contributed by atoms with van der Waals surface area (Å²) in [6, 6.07) is 75.5. The lowest BCUT2D eigenvalue weighted by Gasteiger charge is -2.13. The molecule has 0 spiro atoms. The Labute approximate surface area is 343 Å². The molecule has 0 atom stereocenters. The van der Waals surface area contributed by atoms with Crippen LogP contribution in [0.3, 0.4) is 0 Å². The van der Waals surface area contributed by atoms with E-state index in [0.29, 0.717) is 0 Å². The second kappa shape index (κ2) is 13.2. The Bertz CT molecular complexity index is 3490. The molecule has 0 aliphatic heterocycles. The number of hydrogen-bond acceptors (Lipinski definition) is 0. The third-order valence-electron chi connectivity index (χ3n) is 12.4. The fraction of sp³-hybridized carbons (Fsp3) is 0.0175. The van der Waals surface area contributed by atoms with Crippen LogP contribution < -0.4 is 0 Å². The standard InChI is InChI=1S/C57H38N2/c1-37-46-21-5-6-22-47(46)50-25-13-18-43(57(37)50)32-38-14-11-19-44(33-38)58-53-26-9-7-23-48(53)51-35-41(28-30-55(51)58)42-29-31-56-52(36-42)49-24-8-10-27-54(49)59(56)45-20-12-17-40(34-45)39-15-3-2-4-16-39/h2-31,33-36H,1,32H2. The number of para-hydroxylation sites is 2. The number of benzene rings is 9. The molecule has 2 heterocycles. The number of fused-ring (bicyclic) bond motifs is 9. The topological polar surface area (TPSA) is 9.86 Å². The molecule has 2 heteroatoms. The normalized spacial score (nSPS) is 12.2. The molecule has 0 radical (unpaired) electrons. The SMILES string of the molecule is C=C1c2ccccc2-c2cccc(Cc3cccc(-n4c5ccccc5c5cc(-c6ccc7c(c6)c6ccccc6n7-c6cccc(-c7ccccc7)c6)ccc54)c3)c21. The van der Waals surface area contributed by atoms with Crippen molar-refractivity contribution in [3.05, 3.63) is 235 Å². The molecule has 1 aliphatic carbocycles. The van der Waals surface area contributed by atoms with Crippen molar-refractivity contribution in [2.24, 2.45) is 0 Å². The van der Waals surface area contributed by atoms with Gasteiger partial charge in [0.15, 0.2) is 0 Å². The van der Waals surface area contributed by atoms with Crippen molar-refractivity contribution < 1.29 is 0 Å². The lowest BCUT2D eigenvalue weighted by molar-refractivity contribution is 1.13. The van der Waals surface area contributed by atoms with Crippen molar-refractivity contribution >= 4 is 49.2 Å². The van der Waals surface area contributed by atoms with E-state index in [-0.39, 0.29) is 0 Å². The highest BCUT2D eigenvalue weighted by Gasteiger charge is 2.24. The molecule has 11 aromatic rings. The maximum absolute atomic E-state index is 4.54. The molecule has 59 heavy (non-hydrogen) atoms. The van der Waals surface area contributed by atoms with E-state index in [9.17, 15) is 0 Å². The van der Waals surface area contributed by atoms with Gasteiger partial charge in [0.1, 0.15) is 0 Å². The Morgan fingerprint density at radius 1 is 0.339 bits per heavy atom. The van der Waals surface area contributed by atoms with E-state index in [1.165, 1.54) is 105 Å².